The van der Waals surface area contributed by atoms with Gasteiger partial charge >= 0.3 is 0 Å². The van der Waals surface area contributed by atoms with E-state index in [1.807, 2.05) is 39.0 Å². The van der Waals surface area contributed by atoms with Crippen LogP contribution < -0.4 is 10.6 Å². The number of nitrogens with one attached hydrogen (secondary N) is 2. The number of hydrogen-bond donors (Lipinski definition) is 2. The van der Waals surface area contributed by atoms with Gasteiger partial charge in [0.1, 0.15) is 0 Å². The van der Waals surface area contributed by atoms with Crippen LogP contribution in [0.3, 0.4) is 0 Å². The van der Waals surface area contributed by atoms with Crippen LogP contribution in [0.1, 0.15) is 52.1 Å². The van der Waals surface area contributed by atoms with E-state index in [-0.39, 0.29) is 17.5 Å². The Bertz CT molecular complexity index is 381. The van der Waals surface area contributed by atoms with Gasteiger partial charge in [0.2, 0.25) is 5.91 Å². The molecule has 0 aliphatic rings. The zero-order valence-corrected chi connectivity index (χ0v) is 12.5. The van der Waals surface area contributed by atoms with Crippen molar-refractivity contribution < 1.29 is 4.79 Å². The molecule has 0 aliphatic heterocycles. The first kappa shape index (κ1) is 15.7. The van der Waals surface area contributed by atoms with Gasteiger partial charge in [-0.1, -0.05) is 43.7 Å². The molecular formula is C16H26N2O. The molecule has 0 aliphatic carbocycles. The third kappa shape index (κ3) is 6.39. The summed E-state index contributed by atoms with van der Waals surface area (Å²) in [5, 5.41) is 6.31. The average Bonchev–Trinajstić information content (AvgIpc) is 2.33. The quantitative estimate of drug-likeness (QED) is 0.827. The van der Waals surface area contributed by atoms with Gasteiger partial charge in [0.25, 0.3) is 0 Å². The van der Waals surface area contributed by atoms with Gasteiger partial charge in [-0.3, -0.25) is 4.79 Å². The van der Waals surface area contributed by atoms with E-state index in [1.54, 1.807) is 0 Å². The minimum absolute atomic E-state index is 0.0459. The summed E-state index contributed by atoms with van der Waals surface area (Å²) >= 11 is 0. The van der Waals surface area contributed by atoms with Crippen molar-refractivity contribution in [1.82, 2.24) is 10.6 Å². The lowest BCUT2D eigenvalue weighted by atomic mass is 10.0. The largest absolute Gasteiger partial charge is 0.350 e. The first-order valence-electron chi connectivity index (χ1n) is 7.01. The summed E-state index contributed by atoms with van der Waals surface area (Å²) in [6.45, 7) is 8.49. The van der Waals surface area contributed by atoms with Gasteiger partial charge in [-0.05, 0) is 32.8 Å². The Labute approximate surface area is 116 Å². The molecular weight excluding hydrogens is 236 g/mol. The predicted molar refractivity (Wildman–Crippen MR) is 80.0 cm³/mol. The van der Waals surface area contributed by atoms with Crippen molar-refractivity contribution in [3.63, 3.8) is 0 Å². The van der Waals surface area contributed by atoms with Gasteiger partial charge < -0.3 is 10.6 Å². The zero-order chi connectivity index (χ0) is 14.3. The van der Waals surface area contributed by atoms with E-state index in [4.69, 9.17) is 0 Å². The highest BCUT2D eigenvalue weighted by atomic mass is 16.2. The molecule has 1 amide bonds. The van der Waals surface area contributed by atoms with Crippen LogP contribution in [0.15, 0.2) is 30.3 Å². The molecule has 1 aromatic carbocycles. The monoisotopic (exact) mass is 262 g/mol. The topological polar surface area (TPSA) is 41.1 Å². The molecule has 3 heteroatoms. The smallest absolute Gasteiger partial charge is 0.234 e. The number of carbonyl (C=O) groups excluding carboxylic acids is 1. The third-order valence-corrected chi connectivity index (χ3v) is 2.80. The molecule has 106 valence electrons. The van der Waals surface area contributed by atoms with E-state index in [1.165, 1.54) is 5.56 Å². The second kappa shape index (κ2) is 7.29. The molecule has 0 bridgehead atoms. The Morgan fingerprint density at radius 2 is 1.84 bits per heavy atom. The lowest BCUT2D eigenvalue weighted by molar-refractivity contribution is -0.121. The van der Waals surface area contributed by atoms with Crippen molar-refractivity contribution in [2.75, 3.05) is 6.54 Å². The van der Waals surface area contributed by atoms with Crippen LogP contribution in [0.25, 0.3) is 0 Å². The molecule has 1 unspecified atom stereocenters. The molecule has 0 radical (unpaired) electrons. The van der Waals surface area contributed by atoms with E-state index in [0.29, 0.717) is 6.54 Å². The van der Waals surface area contributed by atoms with Crippen molar-refractivity contribution in [1.29, 1.82) is 0 Å². The Morgan fingerprint density at radius 1 is 1.21 bits per heavy atom. The zero-order valence-electron chi connectivity index (χ0n) is 12.5. The summed E-state index contributed by atoms with van der Waals surface area (Å²) in [5.74, 6) is 0.0459. The summed E-state index contributed by atoms with van der Waals surface area (Å²) in [6.07, 6.45) is 2.13. The molecule has 0 aromatic heterocycles. The van der Waals surface area contributed by atoms with E-state index < -0.39 is 0 Å². The lowest BCUT2D eigenvalue weighted by Gasteiger charge is -2.23. The van der Waals surface area contributed by atoms with E-state index in [0.717, 1.165) is 12.8 Å². The second-order valence-corrected chi connectivity index (χ2v) is 5.93. The number of benzene rings is 1. The molecule has 1 rings (SSSR count). The fraction of sp³-hybridized carbons (Fsp3) is 0.562. The molecule has 0 fully saturated rings. The first-order valence-corrected chi connectivity index (χ1v) is 7.01. The second-order valence-electron chi connectivity index (χ2n) is 5.93. The standard InChI is InChI=1S/C16H26N2O/c1-5-9-14(13-10-7-6-8-11-13)17-12-15(19)18-16(2,3)4/h6-8,10-11,14,17H,5,9,12H2,1-4H3,(H,18,19). The summed E-state index contributed by atoms with van der Waals surface area (Å²) in [4.78, 5) is 11.8. The van der Waals surface area contributed by atoms with Gasteiger partial charge in [-0.15, -0.1) is 0 Å². The third-order valence-electron chi connectivity index (χ3n) is 2.80. The highest BCUT2D eigenvalue weighted by Gasteiger charge is 2.15. The van der Waals surface area contributed by atoms with Crippen molar-refractivity contribution in [2.45, 2.75) is 52.1 Å². The maximum Gasteiger partial charge on any atom is 0.234 e. The maximum absolute atomic E-state index is 11.8. The summed E-state index contributed by atoms with van der Waals surface area (Å²) < 4.78 is 0. The molecule has 0 saturated carbocycles. The van der Waals surface area contributed by atoms with E-state index in [9.17, 15) is 4.79 Å². The summed E-state index contributed by atoms with van der Waals surface area (Å²) in [5.41, 5.74) is 1.07. The number of amides is 1. The van der Waals surface area contributed by atoms with Gasteiger partial charge in [-0.2, -0.15) is 0 Å². The first-order chi connectivity index (χ1) is 8.92. The number of hydrogen-bond acceptors (Lipinski definition) is 2. The Kier molecular flexibility index (Phi) is 6.03. The minimum Gasteiger partial charge on any atom is -0.350 e. The van der Waals surface area contributed by atoms with Crippen LogP contribution in [0.4, 0.5) is 0 Å². The highest BCUT2D eigenvalue weighted by Crippen LogP contribution is 2.17. The fourth-order valence-corrected chi connectivity index (χ4v) is 2.04. The fourth-order valence-electron chi connectivity index (χ4n) is 2.04. The van der Waals surface area contributed by atoms with Crippen LogP contribution >= 0.6 is 0 Å². The van der Waals surface area contributed by atoms with Crippen LogP contribution in [0.5, 0.6) is 0 Å². The molecule has 0 heterocycles. The molecule has 1 aromatic rings. The minimum atomic E-state index is -0.175. The maximum atomic E-state index is 11.8. The van der Waals surface area contributed by atoms with Gasteiger partial charge in [-0.25, -0.2) is 0 Å². The average molecular weight is 262 g/mol. The van der Waals surface area contributed by atoms with Gasteiger partial charge in [0.15, 0.2) is 0 Å². The SMILES string of the molecule is CCCC(NCC(=O)NC(C)(C)C)c1ccccc1. The van der Waals surface area contributed by atoms with Crippen molar-refractivity contribution >= 4 is 5.91 Å². The van der Waals surface area contributed by atoms with Crippen LogP contribution in [0, 0.1) is 0 Å². The van der Waals surface area contributed by atoms with Gasteiger partial charge in [0, 0.05) is 11.6 Å². The highest BCUT2D eigenvalue weighted by molar-refractivity contribution is 5.78. The molecule has 1 atom stereocenters. The van der Waals surface area contributed by atoms with Gasteiger partial charge in [0.05, 0.1) is 6.54 Å². The summed E-state index contributed by atoms with van der Waals surface area (Å²) in [6, 6.07) is 10.5. The number of carbonyl (C=O) groups is 1. The Hall–Kier alpha value is -1.35. The van der Waals surface area contributed by atoms with Crippen LogP contribution in [-0.2, 0) is 4.79 Å². The molecule has 3 nitrogen and oxygen atoms in total. The Balaban J connectivity index is 2.54. The lowest BCUT2D eigenvalue weighted by Crippen LogP contribution is -2.45. The molecule has 0 spiro atoms. The van der Waals surface area contributed by atoms with Crippen molar-refractivity contribution in [3.05, 3.63) is 35.9 Å². The van der Waals surface area contributed by atoms with E-state index >= 15 is 0 Å². The molecule has 2 N–H and O–H groups in total. The Morgan fingerprint density at radius 3 is 2.37 bits per heavy atom. The number of rotatable bonds is 6. The van der Waals surface area contributed by atoms with E-state index in [2.05, 4.69) is 29.7 Å². The normalized spacial score (nSPS) is 13.1. The molecule has 0 saturated heterocycles. The molecule has 19 heavy (non-hydrogen) atoms. The predicted octanol–water partition coefficient (Wildman–Crippen LogP) is 3.03. The van der Waals surface area contributed by atoms with Crippen molar-refractivity contribution in [2.24, 2.45) is 0 Å². The van der Waals surface area contributed by atoms with Crippen LogP contribution in [-0.4, -0.2) is 18.0 Å². The van der Waals surface area contributed by atoms with Crippen molar-refractivity contribution in [3.8, 4) is 0 Å². The van der Waals surface area contributed by atoms with Crippen LogP contribution in [0.2, 0.25) is 0 Å². The summed E-state index contributed by atoms with van der Waals surface area (Å²) in [7, 11) is 0.